The number of H-pyrrole nitrogens is 1. The van der Waals surface area contributed by atoms with E-state index in [1.54, 1.807) is 18.3 Å². The van der Waals surface area contributed by atoms with Gasteiger partial charge in [-0.3, -0.25) is 9.59 Å². The number of rotatable bonds is 3. The molecule has 7 heteroatoms. The Morgan fingerprint density at radius 3 is 3.00 bits per heavy atom. The number of benzene rings is 1. The van der Waals surface area contributed by atoms with Gasteiger partial charge in [0.05, 0.1) is 17.2 Å². The molecule has 1 aromatic carbocycles. The van der Waals surface area contributed by atoms with Crippen molar-refractivity contribution in [1.82, 2.24) is 10.3 Å². The lowest BCUT2D eigenvalue weighted by atomic mass is 10.0. The average Bonchev–Trinajstić information content (AvgIpc) is 3.32. The molecular weight excluding hydrogens is 335 g/mol. The van der Waals surface area contributed by atoms with Crippen molar-refractivity contribution >= 4 is 34.8 Å². The number of hydrogen-bond acceptors (Lipinski definition) is 3. The zero-order valence-corrected chi connectivity index (χ0v) is 14.3. The highest BCUT2D eigenvalue weighted by Gasteiger charge is 2.26. The molecule has 0 bridgehead atoms. The van der Waals surface area contributed by atoms with Gasteiger partial charge in [-0.2, -0.15) is 0 Å². The Hall–Kier alpha value is -2.93. The highest BCUT2D eigenvalue weighted by Crippen LogP contribution is 2.34. The Labute approximate surface area is 149 Å². The van der Waals surface area contributed by atoms with Crippen molar-refractivity contribution in [3.63, 3.8) is 0 Å². The van der Waals surface area contributed by atoms with Crippen LogP contribution in [0.5, 0.6) is 0 Å². The van der Waals surface area contributed by atoms with Crippen LogP contribution in [0.15, 0.2) is 24.4 Å². The molecule has 3 heterocycles. The molecule has 2 amide bonds. The third-order valence-corrected chi connectivity index (χ3v) is 4.92. The zero-order valence-electron chi connectivity index (χ0n) is 14.3. The van der Waals surface area contributed by atoms with E-state index in [1.165, 1.54) is 12.1 Å². The van der Waals surface area contributed by atoms with E-state index in [1.807, 2.05) is 6.92 Å². The number of nitrogens with one attached hydrogen (secondary N) is 4. The summed E-state index contributed by atoms with van der Waals surface area (Å²) in [5.41, 5.74) is 3.73. The number of fused-ring (bicyclic) bond motifs is 1. The summed E-state index contributed by atoms with van der Waals surface area (Å²) < 4.78 is 13.5. The first kappa shape index (κ1) is 16.5. The first-order valence-electron chi connectivity index (χ1n) is 8.55. The van der Waals surface area contributed by atoms with Crippen LogP contribution in [0.1, 0.15) is 23.2 Å². The quantitative estimate of drug-likeness (QED) is 0.639. The summed E-state index contributed by atoms with van der Waals surface area (Å²) in [7, 11) is 0. The van der Waals surface area contributed by atoms with Crippen LogP contribution in [-0.4, -0.2) is 29.9 Å². The summed E-state index contributed by atoms with van der Waals surface area (Å²) in [6, 6.07) is 4.20. The summed E-state index contributed by atoms with van der Waals surface area (Å²) >= 11 is 0. The van der Waals surface area contributed by atoms with Gasteiger partial charge in [0.2, 0.25) is 5.91 Å². The van der Waals surface area contributed by atoms with E-state index in [2.05, 4.69) is 20.9 Å². The highest BCUT2D eigenvalue weighted by atomic mass is 19.1. The molecule has 2 aromatic rings. The minimum Gasteiger partial charge on any atom is -0.360 e. The molecule has 0 unspecified atom stereocenters. The van der Waals surface area contributed by atoms with Crippen LogP contribution in [0.4, 0.5) is 15.8 Å². The lowest BCUT2D eigenvalue weighted by Crippen LogP contribution is -2.24. The number of anilines is 2. The van der Waals surface area contributed by atoms with Gasteiger partial charge in [0.15, 0.2) is 0 Å². The smallest absolute Gasteiger partial charge is 0.256 e. The molecule has 0 saturated carbocycles. The van der Waals surface area contributed by atoms with Crippen LogP contribution in [0.25, 0.3) is 11.6 Å². The van der Waals surface area contributed by atoms with Crippen molar-refractivity contribution in [3.8, 4) is 0 Å². The number of halogens is 1. The van der Waals surface area contributed by atoms with Crippen LogP contribution < -0.4 is 16.0 Å². The largest absolute Gasteiger partial charge is 0.360 e. The van der Waals surface area contributed by atoms with Crippen molar-refractivity contribution < 1.29 is 14.0 Å². The standard InChI is InChI=1S/C19H19FN4O2/c1-10-16(22-9-17(10)24-18(25)11-4-5-21-8-11)7-14-13-6-12(20)2-3-15(13)23-19(14)26/h2-3,6-7,9,11,21-22H,4-5,8H2,1H3,(H,23,26)(H,24,25)/b14-7-/t11-/m1/s1. The van der Waals surface area contributed by atoms with Gasteiger partial charge < -0.3 is 20.9 Å². The Kier molecular flexibility index (Phi) is 4.08. The third-order valence-electron chi connectivity index (χ3n) is 4.92. The summed E-state index contributed by atoms with van der Waals surface area (Å²) in [6.45, 7) is 3.41. The minimum absolute atomic E-state index is 0.0117. The normalized spacial score (nSPS) is 20.3. The molecule has 1 saturated heterocycles. The van der Waals surface area contributed by atoms with E-state index >= 15 is 0 Å². The second kappa shape index (κ2) is 6.42. The molecular formula is C19H19FN4O2. The predicted molar refractivity (Wildman–Crippen MR) is 98.0 cm³/mol. The van der Waals surface area contributed by atoms with Crippen molar-refractivity contribution in [2.75, 3.05) is 23.7 Å². The van der Waals surface area contributed by atoms with Crippen LogP contribution in [-0.2, 0) is 9.59 Å². The molecule has 1 fully saturated rings. The molecule has 26 heavy (non-hydrogen) atoms. The van der Waals surface area contributed by atoms with Gasteiger partial charge in [-0.1, -0.05) is 0 Å². The van der Waals surface area contributed by atoms with E-state index in [0.717, 1.165) is 18.5 Å². The lowest BCUT2D eigenvalue weighted by Gasteiger charge is -2.09. The second-order valence-electron chi connectivity index (χ2n) is 6.62. The van der Waals surface area contributed by atoms with Gasteiger partial charge >= 0.3 is 0 Å². The van der Waals surface area contributed by atoms with E-state index < -0.39 is 5.82 Å². The summed E-state index contributed by atoms with van der Waals surface area (Å²) in [4.78, 5) is 27.6. The summed E-state index contributed by atoms with van der Waals surface area (Å²) in [5, 5.41) is 8.84. The number of aromatic nitrogens is 1. The Morgan fingerprint density at radius 1 is 1.38 bits per heavy atom. The molecule has 0 radical (unpaired) electrons. The predicted octanol–water partition coefficient (Wildman–Crippen LogP) is 2.50. The fourth-order valence-electron chi connectivity index (χ4n) is 3.35. The molecule has 0 spiro atoms. The van der Waals surface area contributed by atoms with E-state index in [-0.39, 0.29) is 17.7 Å². The molecule has 2 aliphatic rings. The lowest BCUT2D eigenvalue weighted by molar-refractivity contribution is -0.119. The van der Waals surface area contributed by atoms with E-state index in [9.17, 15) is 14.0 Å². The number of carbonyl (C=O) groups excluding carboxylic acids is 2. The van der Waals surface area contributed by atoms with Gasteiger partial charge in [-0.05, 0) is 49.7 Å². The van der Waals surface area contributed by atoms with Crippen LogP contribution in [0, 0.1) is 18.7 Å². The SMILES string of the molecule is Cc1c(NC(=O)[C@@H]2CCNC2)c[nH]c1/C=C1\C(=O)Nc2ccc(F)cc21. The minimum atomic E-state index is -0.396. The fraction of sp³-hybridized carbons (Fsp3) is 0.263. The number of amides is 2. The van der Waals surface area contributed by atoms with Crippen LogP contribution in [0.2, 0.25) is 0 Å². The molecule has 2 aliphatic heterocycles. The molecule has 6 nitrogen and oxygen atoms in total. The Bertz CT molecular complexity index is 926. The number of hydrogen-bond donors (Lipinski definition) is 4. The molecule has 1 aromatic heterocycles. The molecule has 134 valence electrons. The maximum absolute atomic E-state index is 13.5. The molecule has 1 atom stereocenters. The maximum Gasteiger partial charge on any atom is 0.256 e. The van der Waals surface area contributed by atoms with E-state index in [4.69, 9.17) is 0 Å². The molecule has 0 aliphatic carbocycles. The van der Waals surface area contributed by atoms with Crippen molar-refractivity contribution in [2.45, 2.75) is 13.3 Å². The highest BCUT2D eigenvalue weighted by molar-refractivity contribution is 6.34. The topological polar surface area (TPSA) is 86.0 Å². The van der Waals surface area contributed by atoms with Gasteiger partial charge in [-0.15, -0.1) is 0 Å². The van der Waals surface area contributed by atoms with Gasteiger partial charge in [-0.25, -0.2) is 4.39 Å². The molecule has 4 rings (SSSR count). The average molecular weight is 354 g/mol. The van der Waals surface area contributed by atoms with Crippen LogP contribution >= 0.6 is 0 Å². The zero-order chi connectivity index (χ0) is 18.3. The van der Waals surface area contributed by atoms with E-state index in [0.29, 0.717) is 34.8 Å². The maximum atomic E-state index is 13.5. The van der Waals surface area contributed by atoms with Gasteiger partial charge in [0, 0.05) is 29.7 Å². The summed E-state index contributed by atoms with van der Waals surface area (Å²) in [6.07, 6.45) is 4.22. The van der Waals surface area contributed by atoms with Crippen LogP contribution in [0.3, 0.4) is 0 Å². The van der Waals surface area contributed by atoms with Gasteiger partial charge in [0.1, 0.15) is 5.82 Å². The Morgan fingerprint density at radius 2 is 2.23 bits per heavy atom. The first-order chi connectivity index (χ1) is 12.5. The monoisotopic (exact) mass is 354 g/mol. The van der Waals surface area contributed by atoms with Gasteiger partial charge in [0.25, 0.3) is 5.91 Å². The number of carbonyl (C=O) groups is 2. The molecule has 4 N–H and O–H groups in total. The van der Waals surface area contributed by atoms with Crippen molar-refractivity contribution in [1.29, 1.82) is 0 Å². The van der Waals surface area contributed by atoms with Crippen molar-refractivity contribution in [3.05, 3.63) is 47.0 Å². The van der Waals surface area contributed by atoms with Crippen molar-refractivity contribution in [2.24, 2.45) is 5.92 Å². The Balaban J connectivity index is 1.61. The first-order valence-corrected chi connectivity index (χ1v) is 8.55. The third kappa shape index (κ3) is 2.90. The fourth-order valence-corrected chi connectivity index (χ4v) is 3.35. The second-order valence-corrected chi connectivity index (χ2v) is 6.62. The summed E-state index contributed by atoms with van der Waals surface area (Å²) in [5.74, 6) is -0.710. The number of aromatic amines is 1.